The molecule has 2 saturated heterocycles. The number of amides is 1. The summed E-state index contributed by atoms with van der Waals surface area (Å²) in [6, 6.07) is 11.7. The standard InChI is InChI=1S/C27H36N4O3S/c1-20-18-24(7-9-26(20)30-16-14-29(2)15-17-30)28-27(32)22-10-12-31(13-11-22)35(33,34)25-8-6-21-4-3-5-23(21)19-25/h6-9,18-19,22H,3-5,10-17H2,1-2H3,(H,28,32). The van der Waals surface area contributed by atoms with Crippen molar-refractivity contribution in [3.63, 3.8) is 0 Å². The first-order chi connectivity index (χ1) is 16.8. The molecule has 7 nitrogen and oxygen atoms in total. The Kier molecular flexibility index (Phi) is 6.88. The average molecular weight is 497 g/mol. The molecule has 2 fully saturated rings. The van der Waals surface area contributed by atoms with E-state index in [0.29, 0.717) is 30.8 Å². The van der Waals surface area contributed by atoms with Crippen molar-refractivity contribution in [2.45, 2.75) is 43.9 Å². The van der Waals surface area contributed by atoms with Crippen molar-refractivity contribution < 1.29 is 13.2 Å². The van der Waals surface area contributed by atoms with E-state index in [-0.39, 0.29) is 11.8 Å². The van der Waals surface area contributed by atoms with Gasteiger partial charge in [0.05, 0.1) is 4.90 Å². The normalized spacial score (nSPS) is 20.1. The summed E-state index contributed by atoms with van der Waals surface area (Å²) in [6.45, 7) is 6.97. The molecule has 1 N–H and O–H groups in total. The second kappa shape index (κ2) is 9.91. The van der Waals surface area contributed by atoms with Gasteiger partial charge < -0.3 is 15.1 Å². The maximum absolute atomic E-state index is 13.2. The third-order valence-corrected chi connectivity index (χ3v) is 9.74. The molecule has 0 spiro atoms. The van der Waals surface area contributed by atoms with Crippen molar-refractivity contribution in [2.24, 2.45) is 5.92 Å². The number of likely N-dealkylation sites (N-methyl/N-ethyl adjacent to an activating group) is 1. The highest BCUT2D eigenvalue weighted by Crippen LogP contribution is 2.30. The van der Waals surface area contributed by atoms with E-state index >= 15 is 0 Å². The summed E-state index contributed by atoms with van der Waals surface area (Å²) in [5.41, 5.74) is 5.61. The average Bonchev–Trinajstić information content (AvgIpc) is 3.33. The van der Waals surface area contributed by atoms with Crippen LogP contribution in [0.1, 0.15) is 36.0 Å². The molecule has 2 aliphatic heterocycles. The first kappa shape index (κ1) is 24.3. The Bertz CT molecular complexity index is 1200. The number of fused-ring (bicyclic) bond motifs is 1. The molecule has 1 aliphatic carbocycles. The monoisotopic (exact) mass is 496 g/mol. The molecule has 0 unspecified atom stereocenters. The number of hydrogen-bond donors (Lipinski definition) is 1. The molecule has 0 radical (unpaired) electrons. The summed E-state index contributed by atoms with van der Waals surface area (Å²) in [5, 5.41) is 3.07. The second-order valence-corrected chi connectivity index (χ2v) is 12.2. The minimum atomic E-state index is -3.52. The molecule has 3 aliphatic rings. The summed E-state index contributed by atoms with van der Waals surface area (Å²) in [4.78, 5) is 18.1. The fourth-order valence-electron chi connectivity index (χ4n) is 5.60. The van der Waals surface area contributed by atoms with Gasteiger partial charge in [0.15, 0.2) is 0 Å². The Morgan fingerprint density at radius 1 is 0.914 bits per heavy atom. The van der Waals surface area contributed by atoms with Crippen molar-refractivity contribution in [3.05, 3.63) is 53.1 Å². The molecule has 8 heteroatoms. The Morgan fingerprint density at radius 3 is 2.34 bits per heavy atom. The van der Waals surface area contributed by atoms with Crippen molar-refractivity contribution in [1.82, 2.24) is 9.21 Å². The van der Waals surface area contributed by atoms with Crippen LogP contribution in [0, 0.1) is 12.8 Å². The van der Waals surface area contributed by atoms with Crippen LogP contribution in [0.4, 0.5) is 11.4 Å². The van der Waals surface area contributed by atoms with Gasteiger partial charge in [-0.15, -0.1) is 0 Å². The fraction of sp³-hybridized carbons (Fsp3) is 0.519. The van der Waals surface area contributed by atoms with Crippen molar-refractivity contribution in [2.75, 3.05) is 56.5 Å². The van der Waals surface area contributed by atoms with Gasteiger partial charge in [-0.1, -0.05) is 6.07 Å². The molecule has 1 amide bonds. The summed E-state index contributed by atoms with van der Waals surface area (Å²) >= 11 is 0. The SMILES string of the molecule is Cc1cc(NC(=O)C2CCN(S(=O)(=O)c3ccc4c(c3)CCC4)CC2)ccc1N1CCN(C)CC1. The summed E-state index contributed by atoms with van der Waals surface area (Å²) < 4.78 is 27.9. The maximum atomic E-state index is 13.2. The molecule has 0 bridgehead atoms. The minimum absolute atomic E-state index is 0.0219. The minimum Gasteiger partial charge on any atom is -0.369 e. The van der Waals surface area contributed by atoms with E-state index in [1.165, 1.54) is 11.3 Å². The third kappa shape index (κ3) is 5.10. The first-order valence-electron chi connectivity index (χ1n) is 12.8. The van der Waals surface area contributed by atoms with Gasteiger partial charge in [-0.25, -0.2) is 8.42 Å². The van der Waals surface area contributed by atoms with Crippen LogP contribution in [0.15, 0.2) is 41.3 Å². The number of rotatable bonds is 5. The lowest BCUT2D eigenvalue weighted by Crippen LogP contribution is -2.44. The molecule has 5 rings (SSSR count). The van der Waals surface area contributed by atoms with Crippen molar-refractivity contribution >= 4 is 27.3 Å². The molecular formula is C27H36N4O3S. The van der Waals surface area contributed by atoms with Crippen LogP contribution in [0.3, 0.4) is 0 Å². The fourth-order valence-corrected chi connectivity index (χ4v) is 7.12. The number of nitrogens with zero attached hydrogens (tertiary/aromatic N) is 3. The van der Waals surface area contributed by atoms with Gasteiger partial charge in [0.2, 0.25) is 15.9 Å². The number of sulfonamides is 1. The van der Waals surface area contributed by atoms with E-state index in [9.17, 15) is 13.2 Å². The Labute approximate surface area is 209 Å². The number of piperazine rings is 1. The maximum Gasteiger partial charge on any atom is 0.243 e. The first-order valence-corrected chi connectivity index (χ1v) is 14.2. The largest absolute Gasteiger partial charge is 0.369 e. The molecule has 0 aromatic heterocycles. The summed E-state index contributed by atoms with van der Waals surface area (Å²) in [6.07, 6.45) is 4.16. The topological polar surface area (TPSA) is 73.0 Å². The smallest absolute Gasteiger partial charge is 0.243 e. The van der Waals surface area contributed by atoms with Gasteiger partial charge >= 0.3 is 0 Å². The van der Waals surface area contributed by atoms with Crippen LogP contribution in [0.5, 0.6) is 0 Å². The van der Waals surface area contributed by atoms with Crippen molar-refractivity contribution in [1.29, 1.82) is 0 Å². The van der Waals surface area contributed by atoms with Crippen LogP contribution < -0.4 is 10.2 Å². The number of hydrogen-bond acceptors (Lipinski definition) is 5. The molecule has 0 atom stereocenters. The molecular weight excluding hydrogens is 460 g/mol. The number of carbonyl (C=O) groups excluding carboxylic acids is 1. The molecule has 0 saturated carbocycles. The number of benzene rings is 2. The Morgan fingerprint density at radius 2 is 1.63 bits per heavy atom. The number of aryl methyl sites for hydroxylation is 3. The molecule has 35 heavy (non-hydrogen) atoms. The molecule has 2 aromatic rings. The Hall–Kier alpha value is -2.42. The van der Waals surface area contributed by atoms with E-state index in [4.69, 9.17) is 0 Å². The lowest BCUT2D eigenvalue weighted by molar-refractivity contribution is -0.120. The molecule has 2 aromatic carbocycles. The predicted molar refractivity (Wildman–Crippen MR) is 139 cm³/mol. The van der Waals surface area contributed by atoms with E-state index in [2.05, 4.69) is 35.2 Å². The zero-order valence-corrected chi connectivity index (χ0v) is 21.6. The van der Waals surface area contributed by atoms with E-state index < -0.39 is 10.0 Å². The zero-order valence-electron chi connectivity index (χ0n) is 20.8. The number of nitrogens with one attached hydrogen (secondary N) is 1. The van der Waals surface area contributed by atoms with Crippen LogP contribution >= 0.6 is 0 Å². The van der Waals surface area contributed by atoms with E-state index in [1.807, 2.05) is 24.3 Å². The van der Waals surface area contributed by atoms with Gasteiger partial charge in [-0.3, -0.25) is 4.79 Å². The number of carbonyl (C=O) groups is 1. The lowest BCUT2D eigenvalue weighted by Gasteiger charge is -2.35. The van der Waals surface area contributed by atoms with Crippen molar-refractivity contribution in [3.8, 4) is 0 Å². The van der Waals surface area contributed by atoms with E-state index in [0.717, 1.165) is 62.3 Å². The van der Waals surface area contributed by atoms with Crippen LogP contribution in [-0.2, 0) is 27.7 Å². The van der Waals surface area contributed by atoms with Crippen LogP contribution in [0.25, 0.3) is 0 Å². The quantitative estimate of drug-likeness (QED) is 0.688. The lowest BCUT2D eigenvalue weighted by atomic mass is 9.97. The van der Waals surface area contributed by atoms with Crippen LogP contribution in [-0.4, -0.2) is 69.8 Å². The second-order valence-electron chi connectivity index (χ2n) is 10.2. The highest BCUT2D eigenvalue weighted by atomic mass is 32.2. The highest BCUT2D eigenvalue weighted by Gasteiger charge is 2.32. The van der Waals surface area contributed by atoms with Gasteiger partial charge in [0, 0.05) is 56.6 Å². The molecule has 188 valence electrons. The Balaban J connectivity index is 1.18. The zero-order chi connectivity index (χ0) is 24.6. The van der Waals surface area contributed by atoms with Gasteiger partial charge in [-0.05, 0) is 93.1 Å². The summed E-state index contributed by atoms with van der Waals surface area (Å²) in [5.74, 6) is -0.203. The highest BCUT2D eigenvalue weighted by molar-refractivity contribution is 7.89. The number of anilines is 2. The van der Waals surface area contributed by atoms with E-state index in [1.54, 1.807) is 10.4 Å². The predicted octanol–water partition coefficient (Wildman–Crippen LogP) is 3.27. The summed E-state index contributed by atoms with van der Waals surface area (Å²) in [7, 11) is -1.37. The molecule has 2 heterocycles. The van der Waals surface area contributed by atoms with Gasteiger partial charge in [0.25, 0.3) is 0 Å². The number of piperidine rings is 1. The van der Waals surface area contributed by atoms with Gasteiger partial charge in [-0.2, -0.15) is 4.31 Å². The van der Waals surface area contributed by atoms with Gasteiger partial charge in [0.1, 0.15) is 0 Å². The third-order valence-electron chi connectivity index (χ3n) is 7.84. The van der Waals surface area contributed by atoms with Crippen LogP contribution in [0.2, 0.25) is 0 Å².